The maximum atomic E-state index is 13.6. The maximum Gasteiger partial charge on any atom is 0.252 e. The van der Waals surface area contributed by atoms with Crippen molar-refractivity contribution in [2.45, 2.75) is 13.0 Å². The summed E-state index contributed by atoms with van der Waals surface area (Å²) in [6, 6.07) is 16.3. The number of hydrogen-bond acceptors (Lipinski definition) is 3. The van der Waals surface area contributed by atoms with Crippen molar-refractivity contribution in [3.05, 3.63) is 95.2 Å². The van der Waals surface area contributed by atoms with Crippen molar-refractivity contribution >= 4 is 11.7 Å². The predicted octanol–water partition coefficient (Wildman–Crippen LogP) is 3.94. The van der Waals surface area contributed by atoms with Crippen LogP contribution in [0.4, 0.5) is 14.6 Å². The van der Waals surface area contributed by atoms with Crippen molar-refractivity contribution in [3.8, 4) is 0 Å². The van der Waals surface area contributed by atoms with Gasteiger partial charge in [0.1, 0.15) is 17.5 Å². The molecule has 0 saturated carbocycles. The number of pyridine rings is 1. The van der Waals surface area contributed by atoms with Gasteiger partial charge in [-0.25, -0.2) is 13.8 Å². The number of nitrogens with zero attached hydrogens (tertiary/aromatic N) is 1. The first-order valence-electron chi connectivity index (χ1n) is 8.58. The molecule has 0 aliphatic carbocycles. The Morgan fingerprint density at radius 2 is 1.56 bits per heavy atom. The molecule has 1 aromatic heterocycles. The number of rotatable bonds is 7. The number of hydrogen-bond donors (Lipinski definition) is 2. The number of aromatic nitrogens is 1. The Hall–Kier alpha value is -3.28. The molecule has 0 aliphatic heterocycles. The summed E-state index contributed by atoms with van der Waals surface area (Å²) in [5.41, 5.74) is 1.50. The van der Waals surface area contributed by atoms with E-state index in [4.69, 9.17) is 0 Å². The van der Waals surface area contributed by atoms with Gasteiger partial charge in [0.05, 0.1) is 5.56 Å². The second-order valence-corrected chi connectivity index (χ2v) is 5.97. The van der Waals surface area contributed by atoms with Crippen molar-refractivity contribution in [1.82, 2.24) is 10.3 Å². The lowest BCUT2D eigenvalue weighted by Gasteiger charge is -2.08. The predicted molar refractivity (Wildman–Crippen MR) is 100 cm³/mol. The second kappa shape index (κ2) is 8.89. The number of amides is 1. The third kappa shape index (κ3) is 5.10. The molecule has 4 nitrogen and oxygen atoms in total. The first-order chi connectivity index (χ1) is 13.1. The fourth-order valence-electron chi connectivity index (χ4n) is 2.57. The van der Waals surface area contributed by atoms with Gasteiger partial charge in [0.25, 0.3) is 5.91 Å². The van der Waals surface area contributed by atoms with Gasteiger partial charge in [0.2, 0.25) is 0 Å². The Labute approximate surface area is 156 Å². The fraction of sp³-hybridized carbons (Fsp3) is 0.143. The highest BCUT2D eigenvalue weighted by Gasteiger charge is 2.07. The van der Waals surface area contributed by atoms with Crippen molar-refractivity contribution < 1.29 is 13.6 Å². The number of carbonyl (C=O) groups excluding carboxylic acids is 1. The van der Waals surface area contributed by atoms with Crippen LogP contribution in [0.2, 0.25) is 0 Å². The van der Waals surface area contributed by atoms with Gasteiger partial charge in [-0.05, 0) is 36.2 Å². The van der Waals surface area contributed by atoms with Crippen LogP contribution in [0.15, 0.2) is 66.9 Å². The largest absolute Gasteiger partial charge is 0.366 e. The minimum atomic E-state index is -0.282. The van der Waals surface area contributed by atoms with E-state index in [9.17, 15) is 13.6 Å². The third-order valence-corrected chi connectivity index (χ3v) is 4.08. The highest BCUT2D eigenvalue weighted by Crippen LogP contribution is 2.11. The standard InChI is InChI=1S/C21H19F2N3O/c22-18-7-3-1-5-15(18)11-12-24-21(27)17-9-10-20(26-14-17)25-13-16-6-2-4-8-19(16)23/h1-10,14H,11-13H2,(H,24,27)(H,25,26). The van der Waals surface area contributed by atoms with Gasteiger partial charge in [0.15, 0.2) is 0 Å². The van der Waals surface area contributed by atoms with Crippen molar-refractivity contribution in [2.75, 3.05) is 11.9 Å². The number of benzene rings is 2. The van der Waals surface area contributed by atoms with Crippen LogP contribution < -0.4 is 10.6 Å². The molecule has 6 heteroatoms. The topological polar surface area (TPSA) is 54.0 Å². The zero-order valence-electron chi connectivity index (χ0n) is 14.6. The number of nitrogens with one attached hydrogen (secondary N) is 2. The lowest BCUT2D eigenvalue weighted by molar-refractivity contribution is 0.0953. The van der Waals surface area contributed by atoms with E-state index in [0.717, 1.165) is 0 Å². The molecule has 0 fully saturated rings. The summed E-state index contributed by atoms with van der Waals surface area (Å²) in [7, 11) is 0. The van der Waals surface area contributed by atoms with Crippen molar-refractivity contribution in [1.29, 1.82) is 0 Å². The smallest absolute Gasteiger partial charge is 0.252 e. The molecule has 1 heterocycles. The van der Waals surface area contributed by atoms with E-state index in [1.165, 1.54) is 18.3 Å². The summed E-state index contributed by atoms with van der Waals surface area (Å²) in [6.07, 6.45) is 1.86. The summed E-state index contributed by atoms with van der Waals surface area (Å²) in [6.45, 7) is 0.626. The molecule has 3 aromatic rings. The lowest BCUT2D eigenvalue weighted by atomic mass is 10.1. The van der Waals surface area contributed by atoms with Crippen molar-refractivity contribution in [3.63, 3.8) is 0 Å². The summed E-state index contributed by atoms with van der Waals surface area (Å²) in [5, 5.41) is 5.76. The molecule has 0 bridgehead atoms. The third-order valence-electron chi connectivity index (χ3n) is 4.08. The van der Waals surface area contributed by atoms with E-state index in [2.05, 4.69) is 15.6 Å². The Morgan fingerprint density at radius 1 is 0.889 bits per heavy atom. The summed E-state index contributed by atoms with van der Waals surface area (Å²) in [5.74, 6) is -0.296. The number of carbonyl (C=O) groups is 1. The zero-order chi connectivity index (χ0) is 19.1. The minimum Gasteiger partial charge on any atom is -0.366 e. The van der Waals surface area contributed by atoms with Gasteiger partial charge in [-0.3, -0.25) is 4.79 Å². The molecule has 2 aromatic carbocycles. The molecule has 0 unspecified atom stereocenters. The Bertz CT molecular complexity index is 913. The highest BCUT2D eigenvalue weighted by atomic mass is 19.1. The SMILES string of the molecule is O=C(NCCc1ccccc1F)c1ccc(NCc2ccccc2F)nc1. The second-order valence-electron chi connectivity index (χ2n) is 5.97. The van der Waals surface area contributed by atoms with E-state index < -0.39 is 0 Å². The van der Waals surface area contributed by atoms with E-state index in [1.54, 1.807) is 48.5 Å². The summed E-state index contributed by atoms with van der Waals surface area (Å²) in [4.78, 5) is 16.3. The zero-order valence-corrected chi connectivity index (χ0v) is 14.6. The molecule has 27 heavy (non-hydrogen) atoms. The quantitative estimate of drug-likeness (QED) is 0.665. The molecule has 0 aliphatic rings. The Morgan fingerprint density at radius 3 is 2.19 bits per heavy atom. The normalized spacial score (nSPS) is 10.4. The Kier molecular flexibility index (Phi) is 6.10. The van der Waals surface area contributed by atoms with Crippen LogP contribution in [0.1, 0.15) is 21.5 Å². The highest BCUT2D eigenvalue weighted by molar-refractivity contribution is 5.94. The first-order valence-corrected chi connectivity index (χ1v) is 8.58. The molecule has 0 radical (unpaired) electrons. The van der Waals surface area contributed by atoms with Gasteiger partial charge in [-0.15, -0.1) is 0 Å². The maximum absolute atomic E-state index is 13.6. The molecule has 138 valence electrons. The summed E-state index contributed by atoms with van der Waals surface area (Å²) >= 11 is 0. The molecule has 0 saturated heterocycles. The van der Waals surface area contributed by atoms with Crippen LogP contribution >= 0.6 is 0 Å². The summed E-state index contributed by atoms with van der Waals surface area (Å²) < 4.78 is 27.1. The van der Waals surface area contributed by atoms with Gasteiger partial charge < -0.3 is 10.6 Å². The average molecular weight is 367 g/mol. The van der Waals surface area contributed by atoms with Gasteiger partial charge >= 0.3 is 0 Å². The van der Waals surface area contributed by atoms with Crippen molar-refractivity contribution in [2.24, 2.45) is 0 Å². The fourth-order valence-corrected chi connectivity index (χ4v) is 2.57. The molecule has 3 rings (SSSR count). The van der Waals surface area contributed by atoms with Crippen LogP contribution in [-0.2, 0) is 13.0 Å². The van der Waals surface area contributed by atoms with E-state index >= 15 is 0 Å². The van der Waals surface area contributed by atoms with Crippen LogP contribution in [-0.4, -0.2) is 17.4 Å². The molecule has 0 atom stereocenters. The van der Waals surface area contributed by atoms with Crippen LogP contribution in [0.5, 0.6) is 0 Å². The van der Waals surface area contributed by atoms with E-state index in [-0.39, 0.29) is 17.5 Å². The van der Waals surface area contributed by atoms with Crippen LogP contribution in [0.25, 0.3) is 0 Å². The van der Waals surface area contributed by atoms with E-state index in [1.807, 2.05) is 0 Å². The number of halogens is 2. The van der Waals surface area contributed by atoms with Crippen LogP contribution in [0.3, 0.4) is 0 Å². The minimum absolute atomic E-state index is 0.278. The molecular formula is C21H19F2N3O. The molecule has 0 spiro atoms. The molecular weight excluding hydrogens is 348 g/mol. The average Bonchev–Trinajstić information content (AvgIpc) is 2.69. The van der Waals surface area contributed by atoms with Gasteiger partial charge in [0, 0.05) is 24.8 Å². The molecule has 1 amide bonds. The number of anilines is 1. The van der Waals surface area contributed by atoms with Crippen LogP contribution in [0, 0.1) is 11.6 Å². The first kappa shape index (κ1) is 18.5. The van der Waals surface area contributed by atoms with Gasteiger partial charge in [-0.2, -0.15) is 0 Å². The Balaban J connectivity index is 1.50. The van der Waals surface area contributed by atoms with Gasteiger partial charge in [-0.1, -0.05) is 36.4 Å². The van der Waals surface area contributed by atoms with E-state index in [0.29, 0.717) is 42.0 Å². The molecule has 2 N–H and O–H groups in total. The lowest BCUT2D eigenvalue weighted by Crippen LogP contribution is -2.26. The monoisotopic (exact) mass is 367 g/mol.